The summed E-state index contributed by atoms with van der Waals surface area (Å²) < 4.78 is 12.6. The molecule has 0 aliphatic heterocycles. The summed E-state index contributed by atoms with van der Waals surface area (Å²) in [6.07, 6.45) is 5.62. The maximum Gasteiger partial charge on any atom is 0.164 e. The number of fused-ring (bicyclic) bond motifs is 5. The largest absolute Gasteiger partial charge is 0.456 e. The molecule has 3 aromatic heterocycles. The number of aryl methyl sites for hydroxylation is 1. The van der Waals surface area contributed by atoms with Gasteiger partial charge >= 0.3 is 0 Å². The molecule has 5 heteroatoms. The second-order valence-electron chi connectivity index (χ2n) is 12.1. The van der Waals surface area contributed by atoms with E-state index in [1.54, 1.807) is 6.08 Å². The molecule has 0 atom stereocenters. The molecule has 49 heavy (non-hydrogen) atoms. The fourth-order valence-electron chi connectivity index (χ4n) is 6.67. The number of benzene rings is 6. The Morgan fingerprint density at radius 1 is 0.531 bits per heavy atom. The van der Waals surface area contributed by atoms with Crippen LogP contribution in [0, 0.1) is 6.92 Å². The Balaban J connectivity index is 1.28. The van der Waals surface area contributed by atoms with Gasteiger partial charge in [0.25, 0.3) is 0 Å². The minimum absolute atomic E-state index is 0.588. The molecule has 0 radical (unpaired) electrons. The number of furan rings is 2. The van der Waals surface area contributed by atoms with Crippen molar-refractivity contribution >= 4 is 49.8 Å². The molecule has 0 N–H and O–H groups in total. The maximum absolute atomic E-state index is 6.51. The van der Waals surface area contributed by atoms with E-state index in [0.717, 1.165) is 82.8 Å². The molecule has 9 rings (SSSR count). The van der Waals surface area contributed by atoms with Gasteiger partial charge in [-0.05, 0) is 65.7 Å². The third-order valence-electron chi connectivity index (χ3n) is 9.10. The van der Waals surface area contributed by atoms with Crippen molar-refractivity contribution in [3.63, 3.8) is 0 Å². The van der Waals surface area contributed by atoms with E-state index in [0.29, 0.717) is 17.5 Å². The van der Waals surface area contributed by atoms with Gasteiger partial charge in [-0.15, -0.1) is 0 Å². The quantitative estimate of drug-likeness (QED) is 0.171. The molecule has 0 bridgehead atoms. The van der Waals surface area contributed by atoms with E-state index < -0.39 is 0 Å². The van der Waals surface area contributed by atoms with E-state index in [1.165, 1.54) is 0 Å². The summed E-state index contributed by atoms with van der Waals surface area (Å²) in [5.41, 5.74) is 8.35. The van der Waals surface area contributed by atoms with Crippen LogP contribution >= 0.6 is 0 Å². The van der Waals surface area contributed by atoms with Gasteiger partial charge in [0, 0.05) is 44.0 Å². The SMILES string of the molecule is C=C/C=C\c1oc2c(-c3cc(-c4nc(-c5ccccc5)nc(-c5ccc6oc7ccccc7c6c5)n4)cc4ccccc34)cccc2c1C. The van der Waals surface area contributed by atoms with Crippen molar-refractivity contribution in [3.05, 3.63) is 157 Å². The predicted molar refractivity (Wildman–Crippen MR) is 200 cm³/mol. The first-order chi connectivity index (χ1) is 24.1. The molecule has 6 aromatic carbocycles. The highest BCUT2D eigenvalue weighted by molar-refractivity contribution is 6.07. The van der Waals surface area contributed by atoms with Crippen LogP contribution in [0.3, 0.4) is 0 Å². The zero-order chi connectivity index (χ0) is 32.9. The Labute approximate surface area is 282 Å². The van der Waals surface area contributed by atoms with Crippen LogP contribution in [0.2, 0.25) is 0 Å². The van der Waals surface area contributed by atoms with Crippen molar-refractivity contribution in [2.24, 2.45) is 0 Å². The normalized spacial score (nSPS) is 11.8. The molecule has 0 unspecified atom stereocenters. The van der Waals surface area contributed by atoms with E-state index in [9.17, 15) is 0 Å². The monoisotopic (exact) mass is 631 g/mol. The van der Waals surface area contributed by atoms with Crippen molar-refractivity contribution < 1.29 is 8.83 Å². The molecule has 0 aliphatic rings. The van der Waals surface area contributed by atoms with E-state index in [1.807, 2.05) is 72.8 Å². The molecule has 0 aliphatic carbocycles. The summed E-state index contributed by atoms with van der Waals surface area (Å²) in [7, 11) is 0. The smallest absolute Gasteiger partial charge is 0.164 e. The van der Waals surface area contributed by atoms with Gasteiger partial charge in [-0.2, -0.15) is 0 Å². The van der Waals surface area contributed by atoms with Crippen LogP contribution in [0.15, 0.2) is 155 Å². The highest BCUT2D eigenvalue weighted by Gasteiger charge is 2.19. The summed E-state index contributed by atoms with van der Waals surface area (Å²) in [4.78, 5) is 15.2. The average molecular weight is 632 g/mol. The third kappa shape index (κ3) is 4.91. The van der Waals surface area contributed by atoms with Gasteiger partial charge in [0.2, 0.25) is 0 Å². The molecule has 0 saturated carbocycles. The molecule has 0 spiro atoms. The Morgan fingerprint density at radius 2 is 1.22 bits per heavy atom. The fraction of sp³-hybridized carbons (Fsp3) is 0.0227. The summed E-state index contributed by atoms with van der Waals surface area (Å²) in [5, 5.41) is 5.35. The Bertz CT molecular complexity index is 2750. The highest BCUT2D eigenvalue weighted by Crippen LogP contribution is 2.40. The maximum atomic E-state index is 6.51. The topological polar surface area (TPSA) is 65.0 Å². The van der Waals surface area contributed by atoms with Crippen molar-refractivity contribution in [3.8, 4) is 45.3 Å². The number of para-hydroxylation sites is 2. The number of rotatable bonds is 6. The Hall–Kier alpha value is -6.59. The number of hydrogen-bond donors (Lipinski definition) is 0. The number of hydrogen-bond acceptors (Lipinski definition) is 5. The van der Waals surface area contributed by atoms with Gasteiger partial charge in [-0.3, -0.25) is 0 Å². The standard InChI is InChI=1S/C44H29N3O2/c1-3-4-20-38-27(2)32-18-12-19-35(41(32)49-38)36-26-31(24-29-15-8-9-16-33(29)36)44-46-42(28-13-6-5-7-14-28)45-43(47-44)30-22-23-40-37(25-30)34-17-10-11-21-39(34)48-40/h3-26H,1H2,2H3/b20-4-. The van der Waals surface area contributed by atoms with E-state index >= 15 is 0 Å². The van der Waals surface area contributed by atoms with Gasteiger partial charge in [-0.1, -0.05) is 110 Å². The first-order valence-electron chi connectivity index (χ1n) is 16.2. The van der Waals surface area contributed by atoms with E-state index in [2.05, 4.69) is 80.2 Å². The van der Waals surface area contributed by atoms with Crippen LogP contribution in [-0.2, 0) is 0 Å². The minimum Gasteiger partial charge on any atom is -0.456 e. The van der Waals surface area contributed by atoms with Crippen molar-refractivity contribution in [1.29, 1.82) is 0 Å². The van der Waals surface area contributed by atoms with E-state index in [-0.39, 0.29) is 0 Å². The summed E-state index contributed by atoms with van der Waals surface area (Å²) >= 11 is 0. The Morgan fingerprint density at radius 3 is 2.06 bits per heavy atom. The molecule has 0 amide bonds. The molecule has 3 heterocycles. The molecule has 9 aromatic rings. The Kier molecular flexibility index (Phi) is 6.76. The zero-order valence-electron chi connectivity index (χ0n) is 26.7. The van der Waals surface area contributed by atoms with Crippen LogP contribution in [0.4, 0.5) is 0 Å². The molecule has 5 nitrogen and oxygen atoms in total. The van der Waals surface area contributed by atoms with Crippen LogP contribution in [-0.4, -0.2) is 15.0 Å². The second-order valence-corrected chi connectivity index (χ2v) is 12.1. The molecule has 0 fully saturated rings. The zero-order valence-corrected chi connectivity index (χ0v) is 26.7. The summed E-state index contributed by atoms with van der Waals surface area (Å²) in [6.45, 7) is 5.91. The van der Waals surface area contributed by atoms with Crippen molar-refractivity contribution in [2.45, 2.75) is 6.92 Å². The summed E-state index contributed by atoms with van der Waals surface area (Å²) in [5.74, 6) is 2.60. The molecule has 232 valence electrons. The van der Waals surface area contributed by atoms with Gasteiger partial charge < -0.3 is 8.83 Å². The average Bonchev–Trinajstić information content (AvgIpc) is 3.70. The summed E-state index contributed by atoms with van der Waals surface area (Å²) in [6, 6.07) is 43.3. The molecular weight excluding hydrogens is 603 g/mol. The number of aromatic nitrogens is 3. The van der Waals surface area contributed by atoms with Crippen LogP contribution in [0.1, 0.15) is 11.3 Å². The molecular formula is C44H29N3O2. The highest BCUT2D eigenvalue weighted by atomic mass is 16.3. The first kappa shape index (κ1) is 28.6. The van der Waals surface area contributed by atoms with Gasteiger partial charge in [0.1, 0.15) is 22.5 Å². The van der Waals surface area contributed by atoms with Gasteiger partial charge in [0.15, 0.2) is 17.5 Å². The minimum atomic E-state index is 0.588. The lowest BCUT2D eigenvalue weighted by Gasteiger charge is -2.13. The van der Waals surface area contributed by atoms with Crippen LogP contribution in [0.5, 0.6) is 0 Å². The predicted octanol–water partition coefficient (Wildman–Crippen LogP) is 11.8. The van der Waals surface area contributed by atoms with Gasteiger partial charge in [-0.25, -0.2) is 15.0 Å². The van der Waals surface area contributed by atoms with Gasteiger partial charge in [0.05, 0.1) is 0 Å². The number of nitrogens with zero attached hydrogens (tertiary/aromatic N) is 3. The lowest BCUT2D eigenvalue weighted by atomic mass is 9.94. The molecule has 0 saturated heterocycles. The van der Waals surface area contributed by atoms with Crippen molar-refractivity contribution in [2.75, 3.05) is 0 Å². The third-order valence-corrected chi connectivity index (χ3v) is 9.10. The lowest BCUT2D eigenvalue weighted by molar-refractivity contribution is 0.602. The number of allylic oxidation sites excluding steroid dienone is 2. The second kappa shape index (κ2) is 11.6. The first-order valence-corrected chi connectivity index (χ1v) is 16.2. The fourth-order valence-corrected chi connectivity index (χ4v) is 6.67. The lowest BCUT2D eigenvalue weighted by Crippen LogP contribution is -2.00. The van der Waals surface area contributed by atoms with E-state index in [4.69, 9.17) is 23.8 Å². The van der Waals surface area contributed by atoms with Crippen LogP contribution < -0.4 is 0 Å². The van der Waals surface area contributed by atoms with Crippen LogP contribution in [0.25, 0.3) is 95.0 Å². The van der Waals surface area contributed by atoms with Crippen molar-refractivity contribution in [1.82, 2.24) is 15.0 Å².